The zero-order valence-corrected chi connectivity index (χ0v) is 12.6. The van der Waals surface area contributed by atoms with E-state index in [4.69, 9.17) is 0 Å². The lowest BCUT2D eigenvalue weighted by molar-refractivity contribution is -0.122. The van der Waals surface area contributed by atoms with Crippen molar-refractivity contribution in [1.29, 1.82) is 0 Å². The molecule has 1 unspecified atom stereocenters. The largest absolute Gasteiger partial charge is 0.358 e. The second-order valence-electron chi connectivity index (χ2n) is 3.88. The molecular weight excluding hydrogens is 284 g/mol. The van der Waals surface area contributed by atoms with E-state index in [-0.39, 0.29) is 10.8 Å². The Morgan fingerprint density at radius 3 is 2.47 bits per heavy atom. The summed E-state index contributed by atoms with van der Waals surface area (Å²) in [5, 5.41) is 2.47. The second kappa shape index (κ2) is 7.52. The Morgan fingerprint density at radius 1 is 1.32 bits per heavy atom. The maximum Gasteiger partial charge on any atom is 0.241 e. The Morgan fingerprint density at radius 2 is 1.95 bits per heavy atom. The summed E-state index contributed by atoms with van der Waals surface area (Å²) in [4.78, 5) is 11.8. The van der Waals surface area contributed by atoms with Crippen molar-refractivity contribution in [2.45, 2.75) is 17.4 Å². The summed E-state index contributed by atoms with van der Waals surface area (Å²) in [7, 11) is -2.17. The van der Waals surface area contributed by atoms with Gasteiger partial charge in [0.1, 0.15) is 6.04 Å². The van der Waals surface area contributed by atoms with Crippen LogP contribution in [-0.4, -0.2) is 39.4 Å². The van der Waals surface area contributed by atoms with Crippen molar-refractivity contribution < 1.29 is 13.2 Å². The molecule has 0 bridgehead atoms. The van der Waals surface area contributed by atoms with Crippen molar-refractivity contribution in [3.8, 4) is 0 Å². The van der Waals surface area contributed by atoms with E-state index >= 15 is 0 Å². The van der Waals surface area contributed by atoms with Crippen LogP contribution in [0.1, 0.15) is 6.42 Å². The highest BCUT2D eigenvalue weighted by Crippen LogP contribution is 2.10. The molecule has 0 aliphatic carbocycles. The highest BCUT2D eigenvalue weighted by Gasteiger charge is 2.24. The molecule has 106 valence electrons. The third-order valence-electron chi connectivity index (χ3n) is 2.52. The number of hydrogen-bond acceptors (Lipinski definition) is 4. The van der Waals surface area contributed by atoms with Gasteiger partial charge in [-0.25, -0.2) is 8.42 Å². The van der Waals surface area contributed by atoms with Crippen LogP contribution in [0.3, 0.4) is 0 Å². The molecule has 0 fully saturated rings. The van der Waals surface area contributed by atoms with E-state index < -0.39 is 16.1 Å². The van der Waals surface area contributed by atoms with Crippen molar-refractivity contribution in [1.82, 2.24) is 10.0 Å². The fraction of sp³-hybridized carbons (Fsp3) is 0.417. The van der Waals surface area contributed by atoms with E-state index in [0.29, 0.717) is 12.2 Å². The minimum atomic E-state index is -3.67. The summed E-state index contributed by atoms with van der Waals surface area (Å²) >= 11 is 1.56. The summed E-state index contributed by atoms with van der Waals surface area (Å²) in [6, 6.07) is 7.28. The number of hydrogen-bond donors (Lipinski definition) is 2. The van der Waals surface area contributed by atoms with E-state index in [0.717, 1.165) is 0 Å². The quantitative estimate of drug-likeness (QED) is 0.782. The predicted octanol–water partition coefficient (Wildman–Crippen LogP) is 0.833. The predicted molar refractivity (Wildman–Crippen MR) is 77.6 cm³/mol. The Hall–Kier alpha value is -1.05. The fourth-order valence-electron chi connectivity index (χ4n) is 1.51. The molecule has 1 rings (SSSR count). The average Bonchev–Trinajstić information content (AvgIpc) is 2.43. The number of benzene rings is 1. The molecule has 1 atom stereocenters. The lowest BCUT2D eigenvalue weighted by atomic mass is 10.2. The molecular formula is C12H18N2O3S2. The topological polar surface area (TPSA) is 75.3 Å². The molecule has 0 spiro atoms. The molecule has 0 aliphatic rings. The van der Waals surface area contributed by atoms with E-state index in [2.05, 4.69) is 10.0 Å². The van der Waals surface area contributed by atoms with E-state index in [9.17, 15) is 13.2 Å². The van der Waals surface area contributed by atoms with Crippen LogP contribution in [0.5, 0.6) is 0 Å². The monoisotopic (exact) mass is 302 g/mol. The summed E-state index contributed by atoms with van der Waals surface area (Å²) in [5.74, 6) is 0.378. The van der Waals surface area contributed by atoms with Crippen LogP contribution in [-0.2, 0) is 14.8 Å². The van der Waals surface area contributed by atoms with Crippen molar-refractivity contribution in [3.05, 3.63) is 30.3 Å². The van der Waals surface area contributed by atoms with E-state index in [1.54, 1.807) is 30.0 Å². The van der Waals surface area contributed by atoms with Gasteiger partial charge in [0.2, 0.25) is 15.9 Å². The minimum absolute atomic E-state index is 0.160. The van der Waals surface area contributed by atoms with E-state index in [1.807, 2.05) is 6.26 Å². The van der Waals surface area contributed by atoms with Crippen LogP contribution < -0.4 is 10.0 Å². The first kappa shape index (κ1) is 16.0. The molecule has 1 aromatic carbocycles. The number of carbonyl (C=O) groups excluding carboxylic acids is 1. The van der Waals surface area contributed by atoms with Gasteiger partial charge in [-0.1, -0.05) is 18.2 Å². The first-order valence-electron chi connectivity index (χ1n) is 5.79. The fourth-order valence-corrected chi connectivity index (χ4v) is 3.23. The molecule has 5 nitrogen and oxygen atoms in total. The van der Waals surface area contributed by atoms with Crippen LogP contribution in [0.15, 0.2) is 35.2 Å². The first-order valence-corrected chi connectivity index (χ1v) is 8.67. The molecule has 1 amide bonds. The second-order valence-corrected chi connectivity index (χ2v) is 6.58. The van der Waals surface area contributed by atoms with Crippen molar-refractivity contribution >= 4 is 27.7 Å². The van der Waals surface area contributed by atoms with Gasteiger partial charge in [-0.3, -0.25) is 4.79 Å². The number of thioether (sulfide) groups is 1. The first-order chi connectivity index (χ1) is 9.01. The molecule has 19 heavy (non-hydrogen) atoms. The zero-order valence-electron chi connectivity index (χ0n) is 10.9. The lowest BCUT2D eigenvalue weighted by Gasteiger charge is -2.16. The maximum atomic E-state index is 12.1. The van der Waals surface area contributed by atoms with Gasteiger partial charge in [0.25, 0.3) is 0 Å². The maximum absolute atomic E-state index is 12.1. The van der Waals surface area contributed by atoms with Crippen LogP contribution in [0.25, 0.3) is 0 Å². The van der Waals surface area contributed by atoms with Crippen LogP contribution >= 0.6 is 11.8 Å². The molecule has 0 saturated heterocycles. The zero-order chi connectivity index (χ0) is 14.3. The highest BCUT2D eigenvalue weighted by molar-refractivity contribution is 7.98. The van der Waals surface area contributed by atoms with Gasteiger partial charge in [-0.05, 0) is 30.6 Å². The van der Waals surface area contributed by atoms with Crippen molar-refractivity contribution in [2.75, 3.05) is 19.1 Å². The smallest absolute Gasteiger partial charge is 0.241 e. The highest BCUT2D eigenvalue weighted by atomic mass is 32.2. The number of likely N-dealkylation sites (N-methyl/N-ethyl adjacent to an activating group) is 1. The number of sulfonamides is 1. The van der Waals surface area contributed by atoms with Crippen molar-refractivity contribution in [2.24, 2.45) is 0 Å². The van der Waals surface area contributed by atoms with Gasteiger partial charge in [0.15, 0.2) is 0 Å². The molecule has 0 aromatic heterocycles. The molecule has 0 radical (unpaired) electrons. The molecule has 7 heteroatoms. The van der Waals surface area contributed by atoms with Gasteiger partial charge in [-0.2, -0.15) is 16.5 Å². The van der Waals surface area contributed by atoms with Crippen LogP contribution in [0.2, 0.25) is 0 Å². The third-order valence-corrected chi connectivity index (χ3v) is 4.66. The summed E-state index contributed by atoms with van der Waals surface area (Å²) in [6.07, 6.45) is 2.36. The molecule has 0 saturated carbocycles. The standard InChI is InChI=1S/C12H18N2O3S2/c1-13-12(15)11(8-9-18-2)14-19(16,17)10-6-4-3-5-7-10/h3-7,11,14H,8-9H2,1-2H3,(H,13,15). The molecule has 0 aliphatic heterocycles. The molecule has 0 heterocycles. The third kappa shape index (κ3) is 4.85. The Balaban J connectivity index is 2.86. The normalized spacial score (nSPS) is 12.9. The van der Waals surface area contributed by atoms with Gasteiger partial charge in [0.05, 0.1) is 4.90 Å². The number of carbonyl (C=O) groups is 1. The van der Waals surface area contributed by atoms with Gasteiger partial charge >= 0.3 is 0 Å². The summed E-state index contributed by atoms with van der Waals surface area (Å²) in [5.41, 5.74) is 0. The van der Waals surface area contributed by atoms with Crippen LogP contribution in [0, 0.1) is 0 Å². The van der Waals surface area contributed by atoms with Crippen molar-refractivity contribution in [3.63, 3.8) is 0 Å². The Labute approximate surface area is 118 Å². The Bertz CT molecular complexity index is 503. The number of nitrogens with one attached hydrogen (secondary N) is 2. The lowest BCUT2D eigenvalue weighted by Crippen LogP contribution is -2.45. The van der Waals surface area contributed by atoms with Gasteiger partial charge < -0.3 is 5.32 Å². The van der Waals surface area contributed by atoms with E-state index in [1.165, 1.54) is 19.2 Å². The van der Waals surface area contributed by atoms with Gasteiger partial charge in [-0.15, -0.1) is 0 Å². The number of rotatable bonds is 7. The summed E-state index contributed by atoms with van der Waals surface area (Å²) in [6.45, 7) is 0. The molecule has 2 N–H and O–H groups in total. The van der Waals surface area contributed by atoms with Gasteiger partial charge in [0, 0.05) is 7.05 Å². The Kier molecular flexibility index (Phi) is 6.33. The number of amides is 1. The average molecular weight is 302 g/mol. The molecule has 1 aromatic rings. The van der Waals surface area contributed by atoms with Crippen LogP contribution in [0.4, 0.5) is 0 Å². The SMILES string of the molecule is CNC(=O)C(CCSC)NS(=O)(=O)c1ccccc1. The minimum Gasteiger partial charge on any atom is -0.358 e. The summed E-state index contributed by atoms with van der Waals surface area (Å²) < 4.78 is 26.7.